The number of nitrogens with one attached hydrogen (secondary N) is 1. The van der Waals surface area contributed by atoms with E-state index in [9.17, 15) is 4.79 Å². The maximum atomic E-state index is 12.4. The molecule has 0 aromatic rings. The van der Waals surface area contributed by atoms with E-state index in [1.165, 1.54) is 12.8 Å². The summed E-state index contributed by atoms with van der Waals surface area (Å²) in [5, 5.41) is 3.43. The predicted molar refractivity (Wildman–Crippen MR) is 84.3 cm³/mol. The number of amides is 1. The fraction of sp³-hybridized carbons (Fsp3) is 0.938. The van der Waals surface area contributed by atoms with Gasteiger partial charge in [0.05, 0.1) is 6.61 Å². The van der Waals surface area contributed by atoms with E-state index >= 15 is 0 Å². The lowest BCUT2D eigenvalue weighted by Crippen LogP contribution is -2.36. The minimum absolute atomic E-state index is 0.356. The van der Waals surface area contributed by atoms with E-state index in [4.69, 9.17) is 4.74 Å². The van der Waals surface area contributed by atoms with Crippen LogP contribution < -0.4 is 5.32 Å². The third kappa shape index (κ3) is 5.93. The molecule has 0 aromatic carbocycles. The van der Waals surface area contributed by atoms with E-state index in [1.54, 1.807) is 7.11 Å². The number of hydrogen-bond acceptors (Lipinski definition) is 4. The fourth-order valence-corrected chi connectivity index (χ4v) is 3.32. The van der Waals surface area contributed by atoms with Gasteiger partial charge in [-0.3, -0.25) is 9.69 Å². The van der Waals surface area contributed by atoms with Gasteiger partial charge in [-0.25, -0.2) is 0 Å². The van der Waals surface area contributed by atoms with Gasteiger partial charge in [0.1, 0.15) is 0 Å². The van der Waals surface area contributed by atoms with Gasteiger partial charge in [0, 0.05) is 39.7 Å². The highest BCUT2D eigenvalue weighted by atomic mass is 16.5. The molecular formula is C16H31N3O2. The number of nitrogens with zero attached hydrogens (tertiary/aromatic N) is 2. The summed E-state index contributed by atoms with van der Waals surface area (Å²) in [6.45, 7) is 7.87. The minimum atomic E-state index is 0.356. The van der Waals surface area contributed by atoms with Crippen molar-refractivity contribution in [2.45, 2.75) is 32.1 Å². The number of piperidine rings is 1. The Kier molecular flexibility index (Phi) is 7.47. The topological polar surface area (TPSA) is 44.8 Å². The predicted octanol–water partition coefficient (Wildman–Crippen LogP) is 0.947. The first-order chi connectivity index (χ1) is 10.3. The summed E-state index contributed by atoms with van der Waals surface area (Å²) in [4.78, 5) is 16.9. The molecule has 0 aromatic heterocycles. The number of carbonyl (C=O) groups is 1. The Morgan fingerprint density at radius 2 is 2.14 bits per heavy atom. The Balaban J connectivity index is 1.67. The SMILES string of the molecule is COCCN1CCCN(C(=O)CCC2CCCNC2)CC1. The standard InChI is InChI=1S/C16H31N3O2/c1-21-13-12-18-8-3-9-19(11-10-18)16(20)6-5-15-4-2-7-17-14-15/h15,17H,2-14H2,1H3. The van der Waals surface area contributed by atoms with Crippen LogP contribution in [0.15, 0.2) is 0 Å². The number of rotatable bonds is 6. The van der Waals surface area contributed by atoms with E-state index in [0.29, 0.717) is 11.8 Å². The summed E-state index contributed by atoms with van der Waals surface area (Å²) in [6, 6.07) is 0. The smallest absolute Gasteiger partial charge is 0.222 e. The molecule has 1 unspecified atom stereocenters. The molecule has 2 heterocycles. The van der Waals surface area contributed by atoms with Crippen molar-refractivity contribution in [2.75, 3.05) is 59.5 Å². The van der Waals surface area contributed by atoms with Gasteiger partial charge in [0.2, 0.25) is 5.91 Å². The molecule has 21 heavy (non-hydrogen) atoms. The molecular weight excluding hydrogens is 266 g/mol. The van der Waals surface area contributed by atoms with Crippen molar-refractivity contribution in [3.63, 3.8) is 0 Å². The molecule has 1 atom stereocenters. The summed E-state index contributed by atoms with van der Waals surface area (Å²) in [5.74, 6) is 1.06. The van der Waals surface area contributed by atoms with Gasteiger partial charge < -0.3 is 15.0 Å². The molecule has 2 saturated heterocycles. The van der Waals surface area contributed by atoms with Crippen LogP contribution in [0.25, 0.3) is 0 Å². The van der Waals surface area contributed by atoms with Crippen molar-refractivity contribution in [1.82, 2.24) is 15.1 Å². The average molecular weight is 297 g/mol. The van der Waals surface area contributed by atoms with Crippen LogP contribution in [0.4, 0.5) is 0 Å². The van der Waals surface area contributed by atoms with Crippen LogP contribution in [0.1, 0.15) is 32.1 Å². The average Bonchev–Trinajstić information content (AvgIpc) is 2.77. The van der Waals surface area contributed by atoms with Crippen LogP contribution in [0, 0.1) is 5.92 Å². The van der Waals surface area contributed by atoms with E-state index in [0.717, 1.165) is 71.7 Å². The van der Waals surface area contributed by atoms with Crippen LogP contribution in [0.5, 0.6) is 0 Å². The monoisotopic (exact) mass is 297 g/mol. The van der Waals surface area contributed by atoms with Crippen LogP contribution in [-0.4, -0.2) is 75.2 Å². The number of hydrogen-bond donors (Lipinski definition) is 1. The Morgan fingerprint density at radius 3 is 2.90 bits per heavy atom. The Labute approximate surface area is 129 Å². The van der Waals surface area contributed by atoms with Gasteiger partial charge in [-0.1, -0.05) is 0 Å². The molecule has 0 saturated carbocycles. The van der Waals surface area contributed by atoms with Gasteiger partial charge in [-0.05, 0) is 51.2 Å². The maximum Gasteiger partial charge on any atom is 0.222 e. The second-order valence-electron chi connectivity index (χ2n) is 6.32. The van der Waals surface area contributed by atoms with E-state index < -0.39 is 0 Å². The van der Waals surface area contributed by atoms with E-state index in [1.807, 2.05) is 0 Å². The summed E-state index contributed by atoms with van der Waals surface area (Å²) in [5.41, 5.74) is 0. The summed E-state index contributed by atoms with van der Waals surface area (Å²) < 4.78 is 5.14. The van der Waals surface area contributed by atoms with Crippen LogP contribution >= 0.6 is 0 Å². The summed E-state index contributed by atoms with van der Waals surface area (Å²) in [7, 11) is 1.74. The Hall–Kier alpha value is -0.650. The number of carbonyl (C=O) groups excluding carboxylic acids is 1. The van der Waals surface area contributed by atoms with Crippen molar-refractivity contribution < 1.29 is 9.53 Å². The summed E-state index contributed by atoms with van der Waals surface area (Å²) >= 11 is 0. The zero-order chi connectivity index (χ0) is 14.9. The first-order valence-corrected chi connectivity index (χ1v) is 8.49. The first kappa shape index (κ1) is 16.7. The van der Waals surface area contributed by atoms with E-state index in [-0.39, 0.29) is 0 Å². The first-order valence-electron chi connectivity index (χ1n) is 8.49. The van der Waals surface area contributed by atoms with Gasteiger partial charge in [0.25, 0.3) is 0 Å². The van der Waals surface area contributed by atoms with Crippen molar-refractivity contribution in [3.8, 4) is 0 Å². The lowest BCUT2D eigenvalue weighted by atomic mass is 9.94. The molecule has 2 fully saturated rings. The fourth-order valence-electron chi connectivity index (χ4n) is 3.32. The third-order valence-electron chi connectivity index (χ3n) is 4.72. The molecule has 2 rings (SSSR count). The van der Waals surface area contributed by atoms with Crippen LogP contribution in [0.3, 0.4) is 0 Å². The maximum absolute atomic E-state index is 12.4. The second-order valence-corrected chi connectivity index (χ2v) is 6.32. The summed E-state index contributed by atoms with van der Waals surface area (Å²) in [6.07, 6.45) is 5.41. The second kappa shape index (κ2) is 9.38. The lowest BCUT2D eigenvalue weighted by Gasteiger charge is -2.25. The van der Waals surface area contributed by atoms with Gasteiger partial charge in [-0.2, -0.15) is 0 Å². The Bertz CT molecular complexity index is 306. The van der Waals surface area contributed by atoms with Crippen molar-refractivity contribution >= 4 is 5.91 Å². The molecule has 1 amide bonds. The lowest BCUT2D eigenvalue weighted by molar-refractivity contribution is -0.131. The van der Waals surface area contributed by atoms with Crippen molar-refractivity contribution in [2.24, 2.45) is 5.92 Å². The van der Waals surface area contributed by atoms with E-state index in [2.05, 4.69) is 15.1 Å². The highest BCUT2D eigenvalue weighted by Crippen LogP contribution is 2.17. The normalized spacial score (nSPS) is 24.8. The van der Waals surface area contributed by atoms with Gasteiger partial charge in [-0.15, -0.1) is 0 Å². The minimum Gasteiger partial charge on any atom is -0.383 e. The van der Waals surface area contributed by atoms with Crippen LogP contribution in [-0.2, 0) is 9.53 Å². The molecule has 5 heteroatoms. The van der Waals surface area contributed by atoms with Gasteiger partial charge in [0.15, 0.2) is 0 Å². The number of methoxy groups -OCH3 is 1. The highest BCUT2D eigenvalue weighted by Gasteiger charge is 2.20. The van der Waals surface area contributed by atoms with Crippen molar-refractivity contribution in [3.05, 3.63) is 0 Å². The largest absolute Gasteiger partial charge is 0.383 e. The van der Waals surface area contributed by atoms with Crippen molar-refractivity contribution in [1.29, 1.82) is 0 Å². The van der Waals surface area contributed by atoms with Crippen LogP contribution in [0.2, 0.25) is 0 Å². The number of ether oxygens (including phenoxy) is 1. The molecule has 0 radical (unpaired) electrons. The highest BCUT2D eigenvalue weighted by molar-refractivity contribution is 5.76. The molecule has 5 nitrogen and oxygen atoms in total. The Morgan fingerprint density at radius 1 is 1.24 bits per heavy atom. The quantitative estimate of drug-likeness (QED) is 0.793. The molecule has 1 N–H and O–H groups in total. The molecule has 0 bridgehead atoms. The molecule has 2 aliphatic heterocycles. The molecule has 0 aliphatic carbocycles. The molecule has 2 aliphatic rings. The van der Waals surface area contributed by atoms with Gasteiger partial charge >= 0.3 is 0 Å². The third-order valence-corrected chi connectivity index (χ3v) is 4.72. The molecule has 122 valence electrons. The molecule has 0 spiro atoms. The zero-order valence-electron chi connectivity index (χ0n) is 13.5. The zero-order valence-corrected chi connectivity index (χ0v) is 13.5.